The zero-order valence-electron chi connectivity index (χ0n) is 10.00. The van der Waals surface area contributed by atoms with E-state index in [2.05, 4.69) is 15.9 Å². The Morgan fingerprint density at radius 2 is 1.89 bits per heavy atom. The zero-order chi connectivity index (χ0) is 13.8. The van der Waals surface area contributed by atoms with Gasteiger partial charge in [-0.1, -0.05) is 28.1 Å². The maximum absolute atomic E-state index is 13.4. The van der Waals surface area contributed by atoms with Crippen molar-refractivity contribution in [2.75, 3.05) is 0 Å². The van der Waals surface area contributed by atoms with Crippen LogP contribution in [-0.2, 0) is 6.42 Å². The van der Waals surface area contributed by atoms with Gasteiger partial charge in [0.15, 0.2) is 5.78 Å². The largest absolute Gasteiger partial charge is 0.294 e. The van der Waals surface area contributed by atoms with Crippen LogP contribution in [0, 0.1) is 11.6 Å². The number of halogens is 3. The van der Waals surface area contributed by atoms with Crippen LogP contribution in [-0.4, -0.2) is 5.78 Å². The predicted octanol–water partition coefficient (Wildman–Crippen LogP) is 4.54. The van der Waals surface area contributed by atoms with E-state index in [1.54, 1.807) is 0 Å². The van der Waals surface area contributed by atoms with Gasteiger partial charge in [-0.15, -0.1) is 0 Å². The Hall–Kier alpha value is -1.55. The van der Waals surface area contributed by atoms with E-state index in [4.69, 9.17) is 0 Å². The van der Waals surface area contributed by atoms with Crippen LogP contribution in [0.1, 0.15) is 22.3 Å². The van der Waals surface area contributed by atoms with Crippen molar-refractivity contribution in [1.29, 1.82) is 0 Å². The van der Waals surface area contributed by atoms with Crippen molar-refractivity contribution < 1.29 is 13.6 Å². The van der Waals surface area contributed by atoms with E-state index in [1.807, 2.05) is 24.3 Å². The molecule has 4 heteroatoms. The Kier molecular flexibility index (Phi) is 4.43. The van der Waals surface area contributed by atoms with Gasteiger partial charge in [-0.25, -0.2) is 8.78 Å². The quantitative estimate of drug-likeness (QED) is 0.754. The summed E-state index contributed by atoms with van der Waals surface area (Å²) in [6.07, 6.45) is 0.716. The molecule has 0 radical (unpaired) electrons. The molecule has 0 aliphatic rings. The minimum Gasteiger partial charge on any atom is -0.294 e. The van der Waals surface area contributed by atoms with Crippen molar-refractivity contribution in [3.8, 4) is 0 Å². The molecule has 2 aromatic carbocycles. The SMILES string of the molecule is O=C(CCc1cccc(Br)c1)c1ccc(F)cc1F. The molecular weight excluding hydrogens is 314 g/mol. The van der Waals surface area contributed by atoms with Crippen molar-refractivity contribution in [1.82, 2.24) is 0 Å². The van der Waals surface area contributed by atoms with Crippen LogP contribution in [0.15, 0.2) is 46.9 Å². The van der Waals surface area contributed by atoms with E-state index in [1.165, 1.54) is 6.07 Å². The van der Waals surface area contributed by atoms with Gasteiger partial charge in [-0.05, 0) is 36.2 Å². The van der Waals surface area contributed by atoms with Gasteiger partial charge < -0.3 is 0 Å². The molecule has 2 aromatic rings. The third-order valence-corrected chi connectivity index (χ3v) is 3.25. The minimum atomic E-state index is -0.806. The highest BCUT2D eigenvalue weighted by Gasteiger charge is 2.12. The maximum atomic E-state index is 13.4. The van der Waals surface area contributed by atoms with Crippen molar-refractivity contribution in [2.24, 2.45) is 0 Å². The molecule has 0 aromatic heterocycles. The van der Waals surface area contributed by atoms with Gasteiger partial charge in [0.1, 0.15) is 11.6 Å². The third kappa shape index (κ3) is 3.70. The number of ketones is 1. The first-order valence-electron chi connectivity index (χ1n) is 5.79. The van der Waals surface area contributed by atoms with Crippen LogP contribution in [0.3, 0.4) is 0 Å². The molecule has 0 fully saturated rings. The second kappa shape index (κ2) is 6.06. The molecule has 0 amide bonds. The Bertz CT molecular complexity index is 611. The van der Waals surface area contributed by atoms with Crippen LogP contribution in [0.5, 0.6) is 0 Å². The molecule has 0 atom stereocenters. The Morgan fingerprint density at radius 3 is 2.58 bits per heavy atom. The van der Waals surface area contributed by atoms with Crippen LogP contribution in [0.2, 0.25) is 0 Å². The highest BCUT2D eigenvalue weighted by atomic mass is 79.9. The van der Waals surface area contributed by atoms with Crippen molar-refractivity contribution in [3.63, 3.8) is 0 Å². The molecule has 0 aliphatic carbocycles. The summed E-state index contributed by atoms with van der Waals surface area (Å²) < 4.78 is 27.1. The molecule has 98 valence electrons. The summed E-state index contributed by atoms with van der Waals surface area (Å²) in [5.41, 5.74) is 0.932. The second-order valence-corrected chi connectivity index (χ2v) is 5.09. The lowest BCUT2D eigenvalue weighted by Gasteiger charge is -2.04. The number of rotatable bonds is 4. The average molecular weight is 325 g/mol. The number of hydrogen-bond donors (Lipinski definition) is 0. The first kappa shape index (κ1) is 13.9. The summed E-state index contributed by atoms with van der Waals surface area (Å²) in [6, 6.07) is 10.6. The minimum absolute atomic E-state index is 0.0589. The number of hydrogen-bond acceptors (Lipinski definition) is 1. The van der Waals surface area contributed by atoms with E-state index < -0.39 is 11.6 Å². The first-order valence-corrected chi connectivity index (χ1v) is 6.58. The standard InChI is InChI=1S/C15H11BrF2O/c16-11-3-1-2-10(8-11)4-7-15(19)13-6-5-12(17)9-14(13)18/h1-3,5-6,8-9H,4,7H2. The molecule has 0 N–H and O–H groups in total. The lowest BCUT2D eigenvalue weighted by atomic mass is 10.0. The fourth-order valence-electron chi connectivity index (χ4n) is 1.80. The number of aryl methyl sites for hydroxylation is 1. The van der Waals surface area contributed by atoms with Crippen LogP contribution in [0.25, 0.3) is 0 Å². The molecule has 0 spiro atoms. The highest BCUT2D eigenvalue weighted by Crippen LogP contribution is 2.16. The fraction of sp³-hybridized carbons (Fsp3) is 0.133. The molecule has 19 heavy (non-hydrogen) atoms. The van der Waals surface area contributed by atoms with Crippen LogP contribution in [0.4, 0.5) is 8.78 Å². The summed E-state index contributed by atoms with van der Waals surface area (Å²) in [7, 11) is 0. The molecule has 0 saturated heterocycles. The molecular formula is C15H11BrF2O. The van der Waals surface area contributed by atoms with Crippen molar-refractivity contribution in [2.45, 2.75) is 12.8 Å². The number of carbonyl (C=O) groups is 1. The molecule has 0 heterocycles. The fourth-order valence-corrected chi connectivity index (χ4v) is 2.25. The first-order chi connectivity index (χ1) is 9.06. The molecule has 2 rings (SSSR count). The van der Waals surface area contributed by atoms with E-state index in [0.29, 0.717) is 6.42 Å². The van der Waals surface area contributed by atoms with Gasteiger partial charge in [-0.3, -0.25) is 4.79 Å². The van der Waals surface area contributed by atoms with E-state index in [0.717, 1.165) is 22.2 Å². The summed E-state index contributed by atoms with van der Waals surface area (Å²) in [4.78, 5) is 11.9. The van der Waals surface area contributed by atoms with Crippen molar-refractivity contribution in [3.05, 3.63) is 69.7 Å². The lowest BCUT2D eigenvalue weighted by molar-refractivity contribution is 0.0979. The van der Waals surface area contributed by atoms with Gasteiger partial charge in [0.25, 0.3) is 0 Å². The summed E-state index contributed by atoms with van der Waals surface area (Å²) in [5, 5.41) is 0. The maximum Gasteiger partial charge on any atom is 0.166 e. The molecule has 0 unspecified atom stereocenters. The highest BCUT2D eigenvalue weighted by molar-refractivity contribution is 9.10. The Morgan fingerprint density at radius 1 is 1.11 bits per heavy atom. The monoisotopic (exact) mass is 324 g/mol. The topological polar surface area (TPSA) is 17.1 Å². The normalized spacial score (nSPS) is 10.5. The van der Waals surface area contributed by atoms with E-state index >= 15 is 0 Å². The average Bonchev–Trinajstić information content (AvgIpc) is 2.36. The molecule has 0 bridgehead atoms. The third-order valence-electron chi connectivity index (χ3n) is 2.76. The second-order valence-electron chi connectivity index (χ2n) is 4.18. The zero-order valence-corrected chi connectivity index (χ0v) is 11.6. The number of Topliss-reactive ketones (excluding diaryl/α,β-unsaturated/α-hetero) is 1. The Balaban J connectivity index is 2.05. The molecule has 1 nitrogen and oxygen atoms in total. The van der Waals surface area contributed by atoms with Crippen LogP contribution >= 0.6 is 15.9 Å². The van der Waals surface area contributed by atoms with Gasteiger partial charge in [0.2, 0.25) is 0 Å². The predicted molar refractivity (Wildman–Crippen MR) is 73.2 cm³/mol. The van der Waals surface area contributed by atoms with Gasteiger partial charge in [0.05, 0.1) is 5.56 Å². The lowest BCUT2D eigenvalue weighted by Crippen LogP contribution is -2.04. The van der Waals surface area contributed by atoms with Gasteiger partial charge in [-0.2, -0.15) is 0 Å². The summed E-state index contributed by atoms with van der Waals surface area (Å²) >= 11 is 3.35. The van der Waals surface area contributed by atoms with E-state index in [9.17, 15) is 13.6 Å². The van der Waals surface area contributed by atoms with Crippen LogP contribution < -0.4 is 0 Å². The van der Waals surface area contributed by atoms with E-state index in [-0.39, 0.29) is 17.8 Å². The Labute approximate surface area is 118 Å². The summed E-state index contributed by atoms with van der Waals surface area (Å²) in [6.45, 7) is 0. The van der Waals surface area contributed by atoms with Gasteiger partial charge in [0, 0.05) is 17.0 Å². The molecule has 0 aliphatic heterocycles. The number of carbonyl (C=O) groups excluding carboxylic acids is 1. The van der Waals surface area contributed by atoms with Crippen molar-refractivity contribution >= 4 is 21.7 Å². The molecule has 0 saturated carbocycles. The smallest absolute Gasteiger partial charge is 0.166 e. The number of benzene rings is 2. The van der Waals surface area contributed by atoms with Gasteiger partial charge >= 0.3 is 0 Å². The summed E-state index contributed by atoms with van der Waals surface area (Å²) in [5.74, 6) is -1.81.